The Bertz CT molecular complexity index is 314. The topological polar surface area (TPSA) is 101 Å². The van der Waals surface area contributed by atoms with Crippen LogP contribution in [0.25, 0.3) is 0 Å². The number of carboxylic acids is 1. The number of nitrogens with zero attached hydrogens (tertiary/aromatic N) is 1. The number of hydrogen-bond acceptors (Lipinski definition) is 3. The van der Waals surface area contributed by atoms with Crippen LogP contribution in [0.1, 0.15) is 19.3 Å². The second kappa shape index (κ2) is 4.24. The predicted octanol–water partition coefficient (Wildman–Crippen LogP) is -0.623. The lowest BCUT2D eigenvalue weighted by molar-refractivity contribution is -0.137. The van der Waals surface area contributed by atoms with Gasteiger partial charge in [-0.3, -0.25) is 4.79 Å². The van der Waals surface area contributed by atoms with E-state index in [4.69, 9.17) is 10.2 Å². The van der Waals surface area contributed by atoms with Gasteiger partial charge >= 0.3 is 5.97 Å². The molecule has 1 unspecified atom stereocenters. The first-order chi connectivity index (χ1) is 6.39. The Morgan fingerprint density at radius 1 is 1.57 bits per heavy atom. The molecule has 0 saturated carbocycles. The Hall–Kier alpha value is -0.660. The third-order valence-electron chi connectivity index (χ3n) is 2.37. The van der Waals surface area contributed by atoms with Gasteiger partial charge in [0.15, 0.2) is 0 Å². The smallest absolute Gasteiger partial charge is 0.303 e. The van der Waals surface area contributed by atoms with Crippen LogP contribution in [0.4, 0.5) is 0 Å². The first-order valence-electron chi connectivity index (χ1n) is 4.39. The summed E-state index contributed by atoms with van der Waals surface area (Å²) in [5.41, 5.74) is 0. The summed E-state index contributed by atoms with van der Waals surface area (Å²) in [6.07, 6.45) is 1.30. The van der Waals surface area contributed by atoms with Gasteiger partial charge in [0.2, 0.25) is 0 Å². The van der Waals surface area contributed by atoms with E-state index in [9.17, 15) is 13.2 Å². The fourth-order valence-electron chi connectivity index (χ4n) is 1.59. The number of carboxylic acid groups (broad SMARTS) is 1. The van der Waals surface area contributed by atoms with Gasteiger partial charge in [0, 0.05) is 19.5 Å². The Morgan fingerprint density at radius 3 is 2.64 bits per heavy atom. The third-order valence-corrected chi connectivity index (χ3v) is 3.43. The summed E-state index contributed by atoms with van der Waals surface area (Å²) in [5.74, 6) is -0.719. The summed E-state index contributed by atoms with van der Waals surface area (Å²) >= 11 is 0. The van der Waals surface area contributed by atoms with Crippen LogP contribution in [0.15, 0.2) is 0 Å². The van der Waals surface area contributed by atoms with E-state index in [1.807, 2.05) is 0 Å². The highest BCUT2D eigenvalue weighted by atomic mass is 32.2. The molecule has 6 nitrogen and oxygen atoms in total. The maximum Gasteiger partial charge on any atom is 0.303 e. The van der Waals surface area contributed by atoms with Crippen LogP contribution >= 0.6 is 0 Å². The molecule has 3 N–H and O–H groups in total. The van der Waals surface area contributed by atoms with E-state index in [0.29, 0.717) is 25.9 Å². The highest BCUT2D eigenvalue weighted by Crippen LogP contribution is 2.21. The van der Waals surface area contributed by atoms with E-state index in [2.05, 4.69) is 0 Å². The summed E-state index contributed by atoms with van der Waals surface area (Å²) in [6, 6.07) is 0. The summed E-state index contributed by atoms with van der Waals surface area (Å²) in [6.45, 7) is 0.759. The number of hydrogen-bond donors (Lipinski definition) is 2. The van der Waals surface area contributed by atoms with Crippen molar-refractivity contribution in [1.29, 1.82) is 0 Å². The Balaban J connectivity index is 2.38. The molecule has 0 aromatic rings. The number of nitrogens with two attached hydrogens (primary N) is 1. The van der Waals surface area contributed by atoms with Crippen molar-refractivity contribution in [2.75, 3.05) is 13.1 Å². The first kappa shape index (κ1) is 11.4. The third kappa shape index (κ3) is 3.24. The zero-order chi connectivity index (χ0) is 10.8. The number of carbonyl (C=O) groups is 1. The lowest BCUT2D eigenvalue weighted by Crippen LogP contribution is -2.34. The molecule has 1 heterocycles. The largest absolute Gasteiger partial charge is 0.481 e. The lowest BCUT2D eigenvalue weighted by atomic mass is 10.0. The zero-order valence-corrected chi connectivity index (χ0v) is 8.53. The van der Waals surface area contributed by atoms with Crippen LogP contribution in [-0.4, -0.2) is 36.9 Å². The van der Waals surface area contributed by atoms with Crippen LogP contribution in [0, 0.1) is 5.92 Å². The van der Waals surface area contributed by atoms with Crippen molar-refractivity contribution >= 4 is 16.2 Å². The first-order valence-corrected chi connectivity index (χ1v) is 5.89. The molecule has 1 fully saturated rings. The van der Waals surface area contributed by atoms with Crippen molar-refractivity contribution in [3.05, 3.63) is 0 Å². The van der Waals surface area contributed by atoms with Crippen molar-refractivity contribution in [1.82, 2.24) is 4.31 Å². The fourth-order valence-corrected chi connectivity index (χ4v) is 2.37. The van der Waals surface area contributed by atoms with Gasteiger partial charge in [0.05, 0.1) is 0 Å². The van der Waals surface area contributed by atoms with Crippen molar-refractivity contribution in [3.63, 3.8) is 0 Å². The van der Waals surface area contributed by atoms with Crippen LogP contribution in [0.3, 0.4) is 0 Å². The summed E-state index contributed by atoms with van der Waals surface area (Å²) in [5, 5.41) is 13.4. The molecule has 0 aromatic heterocycles. The highest BCUT2D eigenvalue weighted by molar-refractivity contribution is 7.86. The molecule has 1 atom stereocenters. The molecule has 0 spiro atoms. The lowest BCUT2D eigenvalue weighted by Gasteiger charge is -2.11. The van der Waals surface area contributed by atoms with Gasteiger partial charge < -0.3 is 5.11 Å². The molecule has 1 rings (SSSR count). The quantitative estimate of drug-likeness (QED) is 0.661. The van der Waals surface area contributed by atoms with E-state index in [1.165, 1.54) is 4.31 Å². The molecule has 0 aromatic carbocycles. The van der Waals surface area contributed by atoms with E-state index < -0.39 is 16.2 Å². The molecule has 0 aliphatic carbocycles. The monoisotopic (exact) mass is 222 g/mol. The van der Waals surface area contributed by atoms with E-state index in [1.54, 1.807) is 0 Å². The van der Waals surface area contributed by atoms with E-state index in [0.717, 1.165) is 0 Å². The number of aliphatic carboxylic acids is 1. The minimum atomic E-state index is -3.59. The standard InChI is InChI=1S/C7H14N2O4S/c8-14(12,13)9-4-3-6(5-9)1-2-7(10)11/h6H,1-5H2,(H,10,11)(H2,8,12,13). The van der Waals surface area contributed by atoms with E-state index >= 15 is 0 Å². The summed E-state index contributed by atoms with van der Waals surface area (Å²) in [7, 11) is -3.59. The Morgan fingerprint density at radius 2 is 2.21 bits per heavy atom. The van der Waals surface area contributed by atoms with Crippen molar-refractivity contribution in [2.24, 2.45) is 11.1 Å². The van der Waals surface area contributed by atoms with Crippen molar-refractivity contribution < 1.29 is 18.3 Å². The second-order valence-corrected chi connectivity index (χ2v) is 5.04. The Labute approximate surface area is 82.9 Å². The summed E-state index contributed by atoms with van der Waals surface area (Å²) < 4.78 is 23.0. The van der Waals surface area contributed by atoms with Gasteiger partial charge in [-0.2, -0.15) is 12.7 Å². The average Bonchev–Trinajstić information content (AvgIpc) is 2.47. The minimum Gasteiger partial charge on any atom is -0.481 e. The zero-order valence-electron chi connectivity index (χ0n) is 7.72. The predicted molar refractivity (Wildman–Crippen MR) is 49.7 cm³/mol. The van der Waals surface area contributed by atoms with Crippen molar-refractivity contribution in [3.8, 4) is 0 Å². The van der Waals surface area contributed by atoms with E-state index in [-0.39, 0.29) is 12.3 Å². The van der Waals surface area contributed by atoms with Gasteiger partial charge in [0.1, 0.15) is 0 Å². The maximum absolute atomic E-state index is 10.9. The average molecular weight is 222 g/mol. The fraction of sp³-hybridized carbons (Fsp3) is 0.857. The van der Waals surface area contributed by atoms with Gasteiger partial charge in [-0.05, 0) is 18.8 Å². The van der Waals surface area contributed by atoms with Crippen LogP contribution in [0.5, 0.6) is 0 Å². The van der Waals surface area contributed by atoms with Crippen molar-refractivity contribution in [2.45, 2.75) is 19.3 Å². The molecule has 0 amide bonds. The maximum atomic E-state index is 10.9. The molecular weight excluding hydrogens is 208 g/mol. The molecule has 1 aliphatic heterocycles. The SMILES string of the molecule is NS(=O)(=O)N1CCC(CCC(=O)O)C1. The van der Waals surface area contributed by atoms with Crippen LogP contribution in [-0.2, 0) is 15.0 Å². The molecular formula is C7H14N2O4S. The molecule has 14 heavy (non-hydrogen) atoms. The van der Waals surface area contributed by atoms with Gasteiger partial charge in [0.25, 0.3) is 10.2 Å². The van der Waals surface area contributed by atoms with Crippen LogP contribution in [0.2, 0.25) is 0 Å². The normalized spacial score (nSPS) is 23.9. The number of rotatable bonds is 4. The summed E-state index contributed by atoms with van der Waals surface area (Å²) in [4.78, 5) is 10.3. The molecule has 82 valence electrons. The highest BCUT2D eigenvalue weighted by Gasteiger charge is 2.28. The van der Waals surface area contributed by atoms with Gasteiger partial charge in [-0.25, -0.2) is 5.14 Å². The molecule has 0 bridgehead atoms. The molecule has 0 radical (unpaired) electrons. The Kier molecular flexibility index (Phi) is 3.46. The second-order valence-electron chi connectivity index (χ2n) is 3.49. The van der Waals surface area contributed by atoms with Crippen LogP contribution < -0.4 is 5.14 Å². The van der Waals surface area contributed by atoms with Gasteiger partial charge in [-0.1, -0.05) is 0 Å². The molecule has 1 saturated heterocycles. The molecule has 7 heteroatoms. The van der Waals surface area contributed by atoms with Gasteiger partial charge in [-0.15, -0.1) is 0 Å². The molecule has 1 aliphatic rings. The minimum absolute atomic E-state index is 0.0864.